The first-order chi connectivity index (χ1) is 6.15. The van der Waals surface area contributed by atoms with Crippen molar-refractivity contribution in [2.24, 2.45) is 0 Å². The third-order valence-corrected chi connectivity index (χ3v) is 2.22. The Bertz CT molecular complexity index is 330. The van der Waals surface area contributed by atoms with Gasteiger partial charge in [-0.3, -0.25) is 0 Å². The summed E-state index contributed by atoms with van der Waals surface area (Å²) >= 11 is 8.33. The van der Waals surface area contributed by atoms with Crippen LogP contribution in [0, 0.1) is 6.92 Å². The molecule has 0 unspecified atom stereocenters. The molecule has 0 fully saturated rings. The zero-order valence-electron chi connectivity index (χ0n) is 7.37. The van der Waals surface area contributed by atoms with Crippen molar-refractivity contribution >= 4 is 33.2 Å². The number of aromatic nitrogens is 2. The van der Waals surface area contributed by atoms with Gasteiger partial charge in [0.05, 0.1) is 11.1 Å². The minimum absolute atomic E-state index is 0.403. The van der Waals surface area contributed by atoms with Crippen molar-refractivity contribution in [3.63, 3.8) is 0 Å². The lowest BCUT2D eigenvalue weighted by Crippen LogP contribution is -2.08. The summed E-state index contributed by atoms with van der Waals surface area (Å²) in [6.45, 7) is 4.24. The molecule has 0 saturated heterocycles. The lowest BCUT2D eigenvalue weighted by atomic mass is 10.4. The van der Waals surface area contributed by atoms with E-state index in [1.807, 2.05) is 13.8 Å². The maximum absolute atomic E-state index is 5.17. The zero-order chi connectivity index (χ0) is 9.84. The first-order valence-corrected chi connectivity index (χ1v) is 5.01. The summed E-state index contributed by atoms with van der Waals surface area (Å²) in [7, 11) is 0. The molecule has 0 atom stereocenters. The highest BCUT2D eigenvalue weighted by atomic mass is 79.9. The maximum atomic E-state index is 5.17. The first-order valence-electron chi connectivity index (χ1n) is 3.81. The van der Waals surface area contributed by atoms with Crippen molar-refractivity contribution in [3.05, 3.63) is 22.2 Å². The lowest BCUT2D eigenvalue weighted by molar-refractivity contribution is 0.336. The SMILES string of the molecule is CCOC(=S)c1nc(C)ncc1Br. The average Bonchev–Trinajstić information content (AvgIpc) is 2.09. The van der Waals surface area contributed by atoms with E-state index in [0.717, 1.165) is 4.47 Å². The molecule has 1 heterocycles. The summed E-state index contributed by atoms with van der Waals surface area (Å²) in [4.78, 5) is 8.18. The van der Waals surface area contributed by atoms with Crippen molar-refractivity contribution in [2.45, 2.75) is 13.8 Å². The smallest absolute Gasteiger partial charge is 0.211 e. The van der Waals surface area contributed by atoms with E-state index in [1.165, 1.54) is 0 Å². The van der Waals surface area contributed by atoms with Gasteiger partial charge >= 0.3 is 0 Å². The number of thiocarbonyl (C=S) groups is 1. The highest BCUT2D eigenvalue weighted by molar-refractivity contribution is 9.10. The van der Waals surface area contributed by atoms with Crippen molar-refractivity contribution in [2.75, 3.05) is 6.61 Å². The van der Waals surface area contributed by atoms with Crippen LogP contribution in [0.5, 0.6) is 0 Å². The van der Waals surface area contributed by atoms with E-state index in [-0.39, 0.29) is 0 Å². The molecule has 70 valence electrons. The normalized spacial score (nSPS) is 9.77. The van der Waals surface area contributed by atoms with Crippen LogP contribution in [0.4, 0.5) is 0 Å². The Morgan fingerprint density at radius 2 is 2.38 bits per heavy atom. The second-order valence-electron chi connectivity index (χ2n) is 2.33. The quantitative estimate of drug-likeness (QED) is 0.765. The number of ether oxygens (including phenoxy) is 1. The summed E-state index contributed by atoms with van der Waals surface area (Å²) in [5, 5.41) is 0.403. The Kier molecular flexibility index (Phi) is 3.74. The molecule has 0 aromatic carbocycles. The van der Waals surface area contributed by atoms with E-state index in [2.05, 4.69) is 25.9 Å². The van der Waals surface area contributed by atoms with Crippen LogP contribution < -0.4 is 0 Å². The van der Waals surface area contributed by atoms with Gasteiger partial charge in [-0.25, -0.2) is 9.97 Å². The summed E-state index contributed by atoms with van der Waals surface area (Å²) < 4.78 is 5.94. The summed E-state index contributed by atoms with van der Waals surface area (Å²) in [5.41, 5.74) is 0.643. The number of hydrogen-bond acceptors (Lipinski definition) is 4. The van der Waals surface area contributed by atoms with Gasteiger partial charge in [0.1, 0.15) is 11.5 Å². The number of halogens is 1. The Labute approximate surface area is 90.7 Å². The van der Waals surface area contributed by atoms with Gasteiger partial charge in [-0.15, -0.1) is 0 Å². The van der Waals surface area contributed by atoms with Crippen LogP contribution in [0.25, 0.3) is 0 Å². The molecule has 0 amide bonds. The molecule has 0 radical (unpaired) electrons. The number of rotatable bonds is 2. The van der Waals surface area contributed by atoms with Gasteiger partial charge in [-0.1, -0.05) is 0 Å². The van der Waals surface area contributed by atoms with Crippen LogP contribution in [0.1, 0.15) is 18.4 Å². The Balaban J connectivity index is 2.99. The Morgan fingerprint density at radius 1 is 1.69 bits per heavy atom. The Hall–Kier alpha value is -0.550. The molecule has 3 nitrogen and oxygen atoms in total. The second-order valence-corrected chi connectivity index (χ2v) is 3.56. The number of nitrogens with zero attached hydrogens (tertiary/aromatic N) is 2. The molecule has 1 aromatic heterocycles. The van der Waals surface area contributed by atoms with Crippen LogP contribution in [-0.4, -0.2) is 21.6 Å². The predicted octanol–water partition coefficient (Wildman–Crippen LogP) is 2.26. The molecule has 5 heteroatoms. The number of hydrogen-bond donors (Lipinski definition) is 0. The van der Waals surface area contributed by atoms with Crippen LogP contribution >= 0.6 is 28.1 Å². The molecule has 1 aromatic rings. The minimum atomic E-state index is 0.403. The van der Waals surface area contributed by atoms with E-state index in [0.29, 0.717) is 23.2 Å². The van der Waals surface area contributed by atoms with Gasteiger partial charge in [0.15, 0.2) is 0 Å². The average molecular weight is 261 g/mol. The minimum Gasteiger partial charge on any atom is -0.482 e. The predicted molar refractivity (Wildman–Crippen MR) is 57.8 cm³/mol. The van der Waals surface area contributed by atoms with Gasteiger partial charge in [-0.2, -0.15) is 0 Å². The topological polar surface area (TPSA) is 35.0 Å². The summed E-state index contributed by atoms with van der Waals surface area (Å²) in [6, 6.07) is 0. The first kappa shape index (κ1) is 10.5. The van der Waals surface area contributed by atoms with Gasteiger partial charge < -0.3 is 4.74 Å². The van der Waals surface area contributed by atoms with Crippen LogP contribution in [0.15, 0.2) is 10.7 Å². The largest absolute Gasteiger partial charge is 0.482 e. The highest BCUT2D eigenvalue weighted by Crippen LogP contribution is 2.14. The fraction of sp³-hybridized carbons (Fsp3) is 0.375. The van der Waals surface area contributed by atoms with Crippen molar-refractivity contribution in [3.8, 4) is 0 Å². The maximum Gasteiger partial charge on any atom is 0.211 e. The molecule has 0 aliphatic rings. The van der Waals surface area contributed by atoms with E-state index < -0.39 is 0 Å². The second kappa shape index (κ2) is 4.62. The van der Waals surface area contributed by atoms with Crippen molar-refractivity contribution in [1.82, 2.24) is 9.97 Å². The van der Waals surface area contributed by atoms with E-state index in [4.69, 9.17) is 17.0 Å². The standard InChI is InChI=1S/C8H9BrN2OS/c1-3-12-8(13)7-6(9)4-10-5(2)11-7/h4H,3H2,1-2H3. The molecule has 0 spiro atoms. The van der Waals surface area contributed by atoms with Crippen LogP contribution in [0.2, 0.25) is 0 Å². The van der Waals surface area contributed by atoms with Crippen LogP contribution in [-0.2, 0) is 4.74 Å². The monoisotopic (exact) mass is 260 g/mol. The van der Waals surface area contributed by atoms with Gasteiger partial charge in [0.25, 0.3) is 0 Å². The molecule has 0 aliphatic carbocycles. The van der Waals surface area contributed by atoms with E-state index in [1.54, 1.807) is 6.20 Å². The number of aryl methyl sites for hydroxylation is 1. The molecule has 13 heavy (non-hydrogen) atoms. The van der Waals surface area contributed by atoms with Gasteiger partial charge in [0, 0.05) is 6.20 Å². The molecular weight excluding hydrogens is 252 g/mol. The lowest BCUT2D eigenvalue weighted by Gasteiger charge is -2.05. The molecular formula is C8H9BrN2OS. The third kappa shape index (κ3) is 2.70. The van der Waals surface area contributed by atoms with Crippen molar-refractivity contribution < 1.29 is 4.74 Å². The highest BCUT2D eigenvalue weighted by Gasteiger charge is 2.09. The molecule has 0 N–H and O–H groups in total. The van der Waals surface area contributed by atoms with Crippen LogP contribution in [0.3, 0.4) is 0 Å². The van der Waals surface area contributed by atoms with Gasteiger partial charge in [0.2, 0.25) is 5.05 Å². The van der Waals surface area contributed by atoms with Gasteiger partial charge in [-0.05, 0) is 42.0 Å². The molecule has 1 rings (SSSR count). The molecule has 0 aliphatic heterocycles. The summed E-state index contributed by atoms with van der Waals surface area (Å²) in [5.74, 6) is 0.681. The molecule has 0 saturated carbocycles. The van der Waals surface area contributed by atoms with Crippen molar-refractivity contribution in [1.29, 1.82) is 0 Å². The molecule has 0 bridgehead atoms. The fourth-order valence-electron chi connectivity index (χ4n) is 0.798. The van der Waals surface area contributed by atoms with E-state index in [9.17, 15) is 0 Å². The van der Waals surface area contributed by atoms with E-state index >= 15 is 0 Å². The third-order valence-electron chi connectivity index (χ3n) is 1.33. The summed E-state index contributed by atoms with van der Waals surface area (Å²) in [6.07, 6.45) is 1.67. The Morgan fingerprint density at radius 3 is 3.00 bits per heavy atom. The fourth-order valence-corrected chi connectivity index (χ4v) is 1.57. The zero-order valence-corrected chi connectivity index (χ0v) is 9.78.